The summed E-state index contributed by atoms with van der Waals surface area (Å²) in [6.07, 6.45) is 4.65. The number of para-hydroxylation sites is 1. The van der Waals surface area contributed by atoms with Gasteiger partial charge in [-0.05, 0) is 51.8 Å². The Morgan fingerprint density at radius 2 is 1.89 bits per heavy atom. The average Bonchev–Trinajstić information content (AvgIpc) is 3.26. The van der Waals surface area contributed by atoms with Crippen LogP contribution in [0.1, 0.15) is 11.3 Å². The van der Waals surface area contributed by atoms with E-state index in [1.165, 1.54) is 18.5 Å². The van der Waals surface area contributed by atoms with Gasteiger partial charge in [0.2, 0.25) is 17.7 Å². The molecule has 0 aliphatic heterocycles. The summed E-state index contributed by atoms with van der Waals surface area (Å²) >= 11 is 3.48. The first kappa shape index (κ1) is 24.3. The second-order valence-electron chi connectivity index (χ2n) is 7.85. The van der Waals surface area contributed by atoms with Crippen molar-refractivity contribution in [1.29, 1.82) is 0 Å². The number of carbonyl (C=O) groups is 1. The van der Waals surface area contributed by atoms with Crippen LogP contribution in [0.5, 0.6) is 11.6 Å². The summed E-state index contributed by atoms with van der Waals surface area (Å²) in [5, 5.41) is 10.3. The first-order valence-electron chi connectivity index (χ1n) is 11.0. The van der Waals surface area contributed by atoms with Gasteiger partial charge in [-0.25, -0.2) is 19.2 Å². The van der Waals surface area contributed by atoms with Gasteiger partial charge in [-0.2, -0.15) is 0 Å². The Labute approximate surface area is 218 Å². The summed E-state index contributed by atoms with van der Waals surface area (Å²) < 4.78 is 31.4. The van der Waals surface area contributed by atoms with Crippen LogP contribution in [0.2, 0.25) is 0 Å². The number of ether oxygens (including phenoxy) is 2. The molecule has 0 saturated heterocycles. The zero-order valence-corrected chi connectivity index (χ0v) is 20.6. The maximum absolute atomic E-state index is 13.4. The van der Waals surface area contributed by atoms with Crippen LogP contribution in [0, 0.1) is 5.82 Å². The average molecular weight is 565 g/mol. The van der Waals surface area contributed by atoms with Gasteiger partial charge in [0.05, 0.1) is 16.4 Å². The lowest BCUT2D eigenvalue weighted by Gasteiger charge is -2.17. The first-order valence-corrected chi connectivity index (χ1v) is 11.8. The number of fused-ring (bicyclic) bond motifs is 1. The highest BCUT2D eigenvalue weighted by molar-refractivity contribution is 9.10. The zero-order valence-electron chi connectivity index (χ0n) is 19.0. The molecule has 11 heteroatoms. The zero-order chi connectivity index (χ0) is 25.8. The molecule has 0 spiro atoms. The first-order chi connectivity index (χ1) is 18.0. The van der Waals surface area contributed by atoms with Gasteiger partial charge in [0.15, 0.2) is 5.76 Å². The highest BCUT2D eigenvalue weighted by atomic mass is 79.9. The van der Waals surface area contributed by atoms with Crippen LogP contribution < -0.4 is 9.47 Å². The number of rotatable bonds is 9. The third-order valence-electron chi connectivity index (χ3n) is 5.40. The number of hydrogen-bond acceptors (Lipinski definition) is 8. The number of carboxylic acids is 1. The van der Waals surface area contributed by atoms with Crippen molar-refractivity contribution in [3.05, 3.63) is 95.0 Å². The molecular weight excluding hydrogens is 547 g/mol. The van der Waals surface area contributed by atoms with Gasteiger partial charge >= 0.3 is 5.97 Å². The minimum atomic E-state index is -1.30. The Morgan fingerprint density at radius 1 is 1.08 bits per heavy atom. The lowest BCUT2D eigenvalue weighted by Crippen LogP contribution is -2.30. The van der Waals surface area contributed by atoms with E-state index in [9.17, 15) is 14.3 Å². The molecule has 9 nitrogen and oxygen atoms in total. The molecule has 1 atom stereocenters. The summed E-state index contributed by atoms with van der Waals surface area (Å²) in [5.41, 5.74) is 2.05. The number of carboxylic acid groups (broad SMARTS) is 1. The molecule has 0 radical (unpaired) electrons. The summed E-state index contributed by atoms with van der Waals surface area (Å²) in [7, 11) is 0. The van der Waals surface area contributed by atoms with Crippen molar-refractivity contribution in [2.45, 2.75) is 19.1 Å². The van der Waals surface area contributed by atoms with Crippen molar-refractivity contribution in [2.75, 3.05) is 0 Å². The Balaban J connectivity index is 1.41. The fourth-order valence-electron chi connectivity index (χ4n) is 3.63. The van der Waals surface area contributed by atoms with Crippen molar-refractivity contribution in [3.63, 3.8) is 0 Å². The van der Waals surface area contributed by atoms with Crippen LogP contribution in [0.15, 0.2) is 82.3 Å². The molecule has 1 N–H and O–H groups in total. The molecule has 5 aromatic rings. The summed E-state index contributed by atoms with van der Waals surface area (Å²) in [6.45, 7) is 0.171. The second-order valence-corrected chi connectivity index (χ2v) is 8.65. The molecule has 0 saturated carbocycles. The van der Waals surface area contributed by atoms with E-state index in [1.54, 1.807) is 55.0 Å². The van der Waals surface area contributed by atoms with Gasteiger partial charge < -0.3 is 19.0 Å². The van der Waals surface area contributed by atoms with Crippen LogP contribution >= 0.6 is 15.9 Å². The fourth-order valence-corrected chi connectivity index (χ4v) is 4.28. The number of nitrogens with zero attached hydrogens (tertiary/aromatic N) is 4. The van der Waals surface area contributed by atoms with Crippen molar-refractivity contribution in [2.24, 2.45) is 0 Å². The van der Waals surface area contributed by atoms with Crippen molar-refractivity contribution in [1.82, 2.24) is 19.9 Å². The molecule has 186 valence electrons. The maximum Gasteiger partial charge on any atom is 0.345 e. The van der Waals surface area contributed by atoms with E-state index in [0.29, 0.717) is 38.2 Å². The second kappa shape index (κ2) is 10.7. The van der Waals surface area contributed by atoms with Gasteiger partial charge in [0.1, 0.15) is 29.9 Å². The van der Waals surface area contributed by atoms with Crippen LogP contribution in [0.4, 0.5) is 4.39 Å². The van der Waals surface area contributed by atoms with E-state index in [4.69, 9.17) is 13.9 Å². The SMILES string of the molecule is O=C(O)C(Cc1ccccc1OCc1cnccn1)Oc1ncnc2oc(-c3ccc(F)cc3)c(Br)c12. The third-order valence-corrected chi connectivity index (χ3v) is 6.16. The molecule has 3 heterocycles. The van der Waals surface area contributed by atoms with Gasteiger partial charge in [0, 0.05) is 24.4 Å². The number of benzene rings is 2. The van der Waals surface area contributed by atoms with E-state index in [-0.39, 0.29) is 30.4 Å². The highest BCUT2D eigenvalue weighted by Gasteiger charge is 2.26. The summed E-state index contributed by atoms with van der Waals surface area (Å²) in [6, 6.07) is 12.8. The quantitative estimate of drug-likeness (QED) is 0.256. The molecule has 0 aliphatic carbocycles. The van der Waals surface area contributed by atoms with Crippen LogP contribution in [-0.2, 0) is 17.8 Å². The number of hydrogen-bond donors (Lipinski definition) is 1. The number of aliphatic carboxylic acids is 1. The van der Waals surface area contributed by atoms with Crippen LogP contribution in [0.3, 0.4) is 0 Å². The van der Waals surface area contributed by atoms with E-state index in [0.717, 1.165) is 0 Å². The Bertz CT molecular complexity index is 1550. The fraction of sp³-hybridized carbons (Fsp3) is 0.115. The Morgan fingerprint density at radius 3 is 2.65 bits per heavy atom. The van der Waals surface area contributed by atoms with Gasteiger partial charge in [0.25, 0.3) is 0 Å². The van der Waals surface area contributed by atoms with Gasteiger partial charge in [-0.3, -0.25) is 9.97 Å². The van der Waals surface area contributed by atoms with Gasteiger partial charge in [-0.15, -0.1) is 0 Å². The normalized spacial score (nSPS) is 11.8. The minimum absolute atomic E-state index is 0.00222. The standard InChI is InChI=1S/C26H18BrFN4O5/c27-22-21-24(31-14-32-25(21)37-23(22)15-5-7-17(28)8-6-15)36-20(26(33)34)11-16-3-1-2-4-19(16)35-13-18-12-29-9-10-30-18/h1-10,12,14,20H,11,13H2,(H,33,34). The lowest BCUT2D eigenvalue weighted by atomic mass is 10.1. The number of halogens is 2. The van der Waals surface area contributed by atoms with E-state index >= 15 is 0 Å². The highest BCUT2D eigenvalue weighted by Crippen LogP contribution is 2.40. The van der Waals surface area contributed by atoms with Crippen LogP contribution in [-0.4, -0.2) is 37.1 Å². The van der Waals surface area contributed by atoms with E-state index in [2.05, 4.69) is 35.9 Å². The number of furan rings is 1. The molecule has 0 aliphatic rings. The maximum atomic E-state index is 13.4. The van der Waals surface area contributed by atoms with Crippen LogP contribution in [0.25, 0.3) is 22.4 Å². The predicted molar refractivity (Wildman–Crippen MR) is 133 cm³/mol. The number of aromatic nitrogens is 4. The molecule has 0 amide bonds. The predicted octanol–water partition coefficient (Wildman–Crippen LogP) is 5.24. The van der Waals surface area contributed by atoms with E-state index in [1.807, 2.05) is 0 Å². The molecule has 2 aromatic carbocycles. The van der Waals surface area contributed by atoms with Crippen molar-refractivity contribution in [3.8, 4) is 23.0 Å². The molecular formula is C26H18BrFN4O5. The monoisotopic (exact) mass is 564 g/mol. The molecule has 1 unspecified atom stereocenters. The van der Waals surface area contributed by atoms with Crippen molar-refractivity contribution < 1.29 is 28.2 Å². The molecule has 0 bridgehead atoms. The molecule has 5 rings (SSSR count). The molecule has 0 fully saturated rings. The largest absolute Gasteiger partial charge is 0.487 e. The summed E-state index contributed by atoms with van der Waals surface area (Å²) in [5.74, 6) is -0.660. The lowest BCUT2D eigenvalue weighted by molar-refractivity contribution is -0.145. The minimum Gasteiger partial charge on any atom is -0.487 e. The summed E-state index contributed by atoms with van der Waals surface area (Å²) in [4.78, 5) is 28.7. The molecule has 3 aromatic heterocycles. The van der Waals surface area contributed by atoms with Crippen molar-refractivity contribution >= 4 is 33.0 Å². The van der Waals surface area contributed by atoms with Gasteiger partial charge in [-0.1, -0.05) is 18.2 Å². The topological polar surface area (TPSA) is 120 Å². The van der Waals surface area contributed by atoms with E-state index < -0.39 is 12.1 Å². The molecule has 37 heavy (non-hydrogen) atoms. The smallest absolute Gasteiger partial charge is 0.345 e. The Kier molecular flexibility index (Phi) is 7.04. The third kappa shape index (κ3) is 5.41. The Hall–Kier alpha value is -4.38.